The lowest BCUT2D eigenvalue weighted by Crippen LogP contribution is -2.47. The van der Waals surface area contributed by atoms with E-state index in [0.717, 1.165) is 13.1 Å². The molecule has 0 bridgehead atoms. The Kier molecular flexibility index (Phi) is 5.91. The summed E-state index contributed by atoms with van der Waals surface area (Å²) >= 11 is 0. The Balaban J connectivity index is 2.17. The number of hydrogen-bond donors (Lipinski definition) is 3. The van der Waals surface area contributed by atoms with Crippen LogP contribution in [0.15, 0.2) is 0 Å². The molecule has 0 aliphatic heterocycles. The fourth-order valence-corrected chi connectivity index (χ4v) is 1.90. The zero-order valence-corrected chi connectivity index (χ0v) is 11.1. The molecule has 3 N–H and O–H groups in total. The Morgan fingerprint density at radius 2 is 2.06 bits per heavy atom. The summed E-state index contributed by atoms with van der Waals surface area (Å²) in [7, 11) is 0. The number of carbonyl (C=O) groups is 2. The van der Waals surface area contributed by atoms with Gasteiger partial charge in [0.15, 0.2) is 0 Å². The highest BCUT2D eigenvalue weighted by molar-refractivity contribution is 5.82. The van der Waals surface area contributed by atoms with Gasteiger partial charge in [0.2, 0.25) is 0 Å². The van der Waals surface area contributed by atoms with Gasteiger partial charge >= 0.3 is 12.0 Å². The van der Waals surface area contributed by atoms with Gasteiger partial charge in [-0.05, 0) is 25.8 Å². The first-order chi connectivity index (χ1) is 8.58. The maximum absolute atomic E-state index is 11.5. The topological polar surface area (TPSA) is 81.7 Å². The van der Waals surface area contributed by atoms with Crippen LogP contribution >= 0.6 is 0 Å². The van der Waals surface area contributed by atoms with Gasteiger partial charge in [0.05, 0.1) is 0 Å². The number of hydrogen-bond acceptors (Lipinski definition) is 3. The van der Waals surface area contributed by atoms with Gasteiger partial charge in [-0.25, -0.2) is 9.59 Å². The van der Waals surface area contributed by atoms with Crippen LogP contribution in [-0.4, -0.2) is 53.7 Å². The number of likely N-dealkylation sites (N-methyl/N-ethyl adjacent to an activating group) is 1. The second-order valence-corrected chi connectivity index (χ2v) is 4.56. The van der Waals surface area contributed by atoms with Crippen LogP contribution in [-0.2, 0) is 4.79 Å². The van der Waals surface area contributed by atoms with Crippen molar-refractivity contribution in [3.8, 4) is 0 Å². The first kappa shape index (κ1) is 14.8. The van der Waals surface area contributed by atoms with Crippen molar-refractivity contribution < 1.29 is 14.7 Å². The van der Waals surface area contributed by atoms with Gasteiger partial charge in [0.1, 0.15) is 6.04 Å². The van der Waals surface area contributed by atoms with E-state index < -0.39 is 18.0 Å². The number of carboxylic acid groups (broad SMARTS) is 1. The van der Waals surface area contributed by atoms with Crippen molar-refractivity contribution in [2.75, 3.05) is 19.6 Å². The SMILES string of the molecule is CC[C@H](NC(=O)NCCN(CC)C1CC1)C(=O)O. The van der Waals surface area contributed by atoms with Crippen molar-refractivity contribution in [2.45, 2.75) is 45.2 Å². The molecule has 0 aromatic carbocycles. The summed E-state index contributed by atoms with van der Waals surface area (Å²) in [5.74, 6) is -0.999. The molecular weight excluding hydrogens is 234 g/mol. The summed E-state index contributed by atoms with van der Waals surface area (Å²) < 4.78 is 0. The first-order valence-electron chi connectivity index (χ1n) is 6.59. The average Bonchev–Trinajstić information content (AvgIpc) is 3.15. The van der Waals surface area contributed by atoms with Crippen LogP contribution in [0, 0.1) is 0 Å². The lowest BCUT2D eigenvalue weighted by Gasteiger charge is -2.20. The van der Waals surface area contributed by atoms with E-state index in [9.17, 15) is 9.59 Å². The van der Waals surface area contributed by atoms with Crippen molar-refractivity contribution in [1.29, 1.82) is 0 Å². The zero-order chi connectivity index (χ0) is 13.5. The molecule has 2 amide bonds. The van der Waals surface area contributed by atoms with Crippen LogP contribution in [0.1, 0.15) is 33.1 Å². The molecule has 0 saturated heterocycles. The molecule has 0 aromatic heterocycles. The largest absolute Gasteiger partial charge is 0.480 e. The molecule has 1 fully saturated rings. The third kappa shape index (κ3) is 4.91. The number of carbonyl (C=O) groups excluding carboxylic acids is 1. The molecule has 0 spiro atoms. The summed E-state index contributed by atoms with van der Waals surface area (Å²) in [6.07, 6.45) is 2.87. The first-order valence-corrected chi connectivity index (χ1v) is 6.59. The van der Waals surface area contributed by atoms with E-state index in [0.29, 0.717) is 19.0 Å². The molecule has 1 rings (SSSR count). The molecule has 1 aliphatic carbocycles. The fraction of sp³-hybridized carbons (Fsp3) is 0.833. The Hall–Kier alpha value is -1.30. The predicted molar refractivity (Wildman–Crippen MR) is 68.5 cm³/mol. The van der Waals surface area contributed by atoms with E-state index in [-0.39, 0.29) is 0 Å². The van der Waals surface area contributed by atoms with Crippen molar-refractivity contribution in [2.24, 2.45) is 0 Å². The highest BCUT2D eigenvalue weighted by atomic mass is 16.4. The monoisotopic (exact) mass is 257 g/mol. The van der Waals surface area contributed by atoms with Gasteiger partial charge in [-0.3, -0.25) is 4.90 Å². The minimum absolute atomic E-state index is 0.381. The number of nitrogens with zero attached hydrogens (tertiary/aromatic N) is 1. The average molecular weight is 257 g/mol. The van der Waals surface area contributed by atoms with Gasteiger partial charge in [-0.15, -0.1) is 0 Å². The Labute approximate surface area is 108 Å². The summed E-state index contributed by atoms with van der Waals surface area (Å²) in [5.41, 5.74) is 0. The van der Waals surface area contributed by atoms with Gasteiger partial charge in [0, 0.05) is 19.1 Å². The molecule has 6 heteroatoms. The number of amides is 2. The second-order valence-electron chi connectivity index (χ2n) is 4.56. The smallest absolute Gasteiger partial charge is 0.326 e. The molecule has 18 heavy (non-hydrogen) atoms. The Bertz CT molecular complexity index is 292. The third-order valence-electron chi connectivity index (χ3n) is 3.17. The van der Waals surface area contributed by atoms with Crippen molar-refractivity contribution in [1.82, 2.24) is 15.5 Å². The number of nitrogens with one attached hydrogen (secondary N) is 2. The van der Waals surface area contributed by atoms with Crippen LogP contribution < -0.4 is 10.6 Å². The van der Waals surface area contributed by atoms with Crippen molar-refractivity contribution in [3.05, 3.63) is 0 Å². The molecule has 104 valence electrons. The highest BCUT2D eigenvalue weighted by Crippen LogP contribution is 2.25. The van der Waals surface area contributed by atoms with Crippen LogP contribution in [0.5, 0.6) is 0 Å². The van der Waals surface area contributed by atoms with Gasteiger partial charge in [0.25, 0.3) is 0 Å². The molecular formula is C12H23N3O3. The standard InChI is InChI=1S/C12H23N3O3/c1-3-10(11(16)17)14-12(18)13-7-8-15(4-2)9-5-6-9/h9-10H,3-8H2,1-2H3,(H,16,17)(H2,13,14,18)/t10-/m0/s1. The maximum Gasteiger partial charge on any atom is 0.326 e. The zero-order valence-electron chi connectivity index (χ0n) is 11.1. The van der Waals surface area contributed by atoms with Gasteiger partial charge in [-0.1, -0.05) is 13.8 Å². The molecule has 1 saturated carbocycles. The van der Waals surface area contributed by atoms with Gasteiger partial charge in [-0.2, -0.15) is 0 Å². The number of carboxylic acids is 1. The molecule has 0 unspecified atom stereocenters. The molecule has 0 heterocycles. The number of rotatable bonds is 8. The molecule has 1 aliphatic rings. The lowest BCUT2D eigenvalue weighted by molar-refractivity contribution is -0.139. The van der Waals surface area contributed by atoms with E-state index in [4.69, 9.17) is 5.11 Å². The summed E-state index contributed by atoms with van der Waals surface area (Å²) in [4.78, 5) is 24.5. The second kappa shape index (κ2) is 7.20. The van der Waals surface area contributed by atoms with Crippen LogP contribution in [0.25, 0.3) is 0 Å². The van der Waals surface area contributed by atoms with Crippen LogP contribution in [0.3, 0.4) is 0 Å². The predicted octanol–water partition coefficient (Wildman–Crippen LogP) is 0.633. The fourth-order valence-electron chi connectivity index (χ4n) is 1.90. The Morgan fingerprint density at radius 3 is 2.50 bits per heavy atom. The van der Waals surface area contributed by atoms with Crippen molar-refractivity contribution >= 4 is 12.0 Å². The lowest BCUT2D eigenvalue weighted by atomic mass is 10.2. The van der Waals surface area contributed by atoms with Crippen LogP contribution in [0.4, 0.5) is 4.79 Å². The molecule has 0 aromatic rings. The highest BCUT2D eigenvalue weighted by Gasteiger charge is 2.27. The van der Waals surface area contributed by atoms with E-state index in [1.165, 1.54) is 12.8 Å². The van der Waals surface area contributed by atoms with E-state index >= 15 is 0 Å². The number of aliphatic carboxylic acids is 1. The molecule has 1 atom stereocenters. The maximum atomic E-state index is 11.5. The minimum atomic E-state index is -0.999. The van der Waals surface area contributed by atoms with E-state index in [1.54, 1.807) is 6.92 Å². The van der Waals surface area contributed by atoms with Crippen molar-refractivity contribution in [3.63, 3.8) is 0 Å². The third-order valence-corrected chi connectivity index (χ3v) is 3.17. The molecule has 6 nitrogen and oxygen atoms in total. The minimum Gasteiger partial charge on any atom is -0.480 e. The quantitative estimate of drug-likeness (QED) is 0.596. The number of urea groups is 1. The summed E-state index contributed by atoms with van der Waals surface area (Å²) in [6.45, 7) is 6.19. The summed E-state index contributed by atoms with van der Waals surface area (Å²) in [6, 6.07) is -0.533. The molecule has 0 radical (unpaired) electrons. The normalized spacial score (nSPS) is 16.4. The van der Waals surface area contributed by atoms with Crippen LogP contribution in [0.2, 0.25) is 0 Å². The van der Waals surface area contributed by atoms with E-state index in [1.807, 2.05) is 0 Å². The Morgan fingerprint density at radius 1 is 1.39 bits per heavy atom. The van der Waals surface area contributed by atoms with E-state index in [2.05, 4.69) is 22.5 Å². The van der Waals surface area contributed by atoms with Gasteiger partial charge < -0.3 is 15.7 Å². The summed E-state index contributed by atoms with van der Waals surface area (Å²) in [5, 5.41) is 13.9.